The lowest BCUT2D eigenvalue weighted by atomic mass is 9.96. The van der Waals surface area contributed by atoms with Crippen LogP contribution in [0.2, 0.25) is 0 Å². The number of hydrogen-bond donors (Lipinski definition) is 1. The van der Waals surface area contributed by atoms with Crippen LogP contribution < -0.4 is 5.73 Å². The van der Waals surface area contributed by atoms with Gasteiger partial charge in [0.05, 0.1) is 0 Å². The highest BCUT2D eigenvalue weighted by atomic mass is 14.9. The quantitative estimate of drug-likeness (QED) is 0.796. The third-order valence-electron chi connectivity index (χ3n) is 2.61. The number of aromatic nitrogens is 1. The highest BCUT2D eigenvalue weighted by molar-refractivity contribution is 5.80. The predicted octanol–water partition coefficient (Wildman–Crippen LogP) is 2.46. The number of aryl methyl sites for hydroxylation is 1. The highest BCUT2D eigenvalue weighted by Gasteiger charge is 2.12. The van der Waals surface area contributed by atoms with Crippen molar-refractivity contribution in [3.8, 4) is 0 Å². The Morgan fingerprint density at radius 2 is 2.00 bits per heavy atom. The lowest BCUT2D eigenvalue weighted by Crippen LogP contribution is -2.34. The minimum atomic E-state index is -0.140. The lowest BCUT2D eigenvalue weighted by Gasteiger charge is -2.18. The Bertz CT molecular complexity index is 475. The van der Waals surface area contributed by atoms with Gasteiger partial charge in [-0.05, 0) is 43.4 Å². The van der Waals surface area contributed by atoms with E-state index >= 15 is 0 Å². The maximum Gasteiger partial charge on any atom is 0.0480 e. The van der Waals surface area contributed by atoms with E-state index in [4.69, 9.17) is 5.73 Å². The molecule has 0 amide bonds. The molecule has 0 spiro atoms. The van der Waals surface area contributed by atoms with E-state index in [2.05, 4.69) is 55.9 Å². The van der Waals surface area contributed by atoms with Crippen molar-refractivity contribution in [3.05, 3.63) is 36.0 Å². The molecule has 0 saturated heterocycles. The first-order valence-electron chi connectivity index (χ1n) is 5.28. The number of hydrogen-bond acceptors (Lipinski definition) is 1. The molecular weight excluding hydrogens is 184 g/mol. The molecule has 2 rings (SSSR count). The van der Waals surface area contributed by atoms with Crippen molar-refractivity contribution in [2.24, 2.45) is 12.8 Å². The Morgan fingerprint density at radius 3 is 2.67 bits per heavy atom. The van der Waals surface area contributed by atoms with E-state index in [0.29, 0.717) is 0 Å². The van der Waals surface area contributed by atoms with E-state index in [9.17, 15) is 0 Å². The van der Waals surface area contributed by atoms with E-state index < -0.39 is 0 Å². The summed E-state index contributed by atoms with van der Waals surface area (Å²) in [6, 6.07) is 8.68. The fourth-order valence-corrected chi connectivity index (χ4v) is 1.94. The molecule has 1 heterocycles. The smallest absolute Gasteiger partial charge is 0.0480 e. The highest BCUT2D eigenvalue weighted by Crippen LogP contribution is 2.19. The molecule has 2 nitrogen and oxygen atoms in total. The zero-order valence-electron chi connectivity index (χ0n) is 9.62. The van der Waals surface area contributed by atoms with E-state index in [1.165, 1.54) is 16.5 Å². The second-order valence-corrected chi connectivity index (χ2v) is 4.99. The molecule has 2 N–H and O–H groups in total. The first-order chi connectivity index (χ1) is 6.96. The van der Waals surface area contributed by atoms with Gasteiger partial charge in [0, 0.05) is 24.3 Å². The van der Waals surface area contributed by atoms with Gasteiger partial charge in [0.2, 0.25) is 0 Å². The van der Waals surface area contributed by atoms with Crippen LogP contribution in [0, 0.1) is 0 Å². The van der Waals surface area contributed by atoms with Gasteiger partial charge < -0.3 is 10.3 Å². The summed E-state index contributed by atoms with van der Waals surface area (Å²) in [5.74, 6) is 0. The maximum atomic E-state index is 6.02. The zero-order chi connectivity index (χ0) is 11.1. The average Bonchev–Trinajstić information content (AvgIpc) is 2.45. The molecule has 80 valence electrons. The number of nitrogens with zero attached hydrogens (tertiary/aromatic N) is 1. The predicted molar refractivity (Wildman–Crippen MR) is 64.9 cm³/mol. The summed E-state index contributed by atoms with van der Waals surface area (Å²) < 4.78 is 2.14. The van der Waals surface area contributed by atoms with Crippen LogP contribution in [0.1, 0.15) is 19.4 Å². The van der Waals surface area contributed by atoms with Gasteiger partial charge in [0.1, 0.15) is 0 Å². The summed E-state index contributed by atoms with van der Waals surface area (Å²) in [6.07, 6.45) is 3.00. The molecule has 1 aromatic carbocycles. The molecule has 15 heavy (non-hydrogen) atoms. The Morgan fingerprint density at radius 1 is 1.27 bits per heavy atom. The van der Waals surface area contributed by atoms with Crippen molar-refractivity contribution < 1.29 is 0 Å². The normalized spacial score (nSPS) is 12.3. The van der Waals surface area contributed by atoms with Gasteiger partial charge in [-0.2, -0.15) is 0 Å². The van der Waals surface area contributed by atoms with E-state index in [1.807, 2.05) is 0 Å². The largest absolute Gasteiger partial charge is 0.351 e. The van der Waals surface area contributed by atoms with Crippen molar-refractivity contribution in [1.29, 1.82) is 0 Å². The lowest BCUT2D eigenvalue weighted by molar-refractivity contribution is 0.517. The molecule has 2 heteroatoms. The van der Waals surface area contributed by atoms with Gasteiger partial charge in [-0.1, -0.05) is 12.1 Å². The minimum Gasteiger partial charge on any atom is -0.351 e. The summed E-state index contributed by atoms with van der Waals surface area (Å²) in [6.45, 7) is 4.12. The fourth-order valence-electron chi connectivity index (χ4n) is 1.94. The summed E-state index contributed by atoms with van der Waals surface area (Å²) in [7, 11) is 2.07. The summed E-state index contributed by atoms with van der Waals surface area (Å²) in [4.78, 5) is 0. The van der Waals surface area contributed by atoms with E-state index in [0.717, 1.165) is 6.42 Å². The molecule has 0 fully saturated rings. The van der Waals surface area contributed by atoms with Crippen molar-refractivity contribution in [2.75, 3.05) is 0 Å². The molecule has 0 aliphatic heterocycles. The zero-order valence-corrected chi connectivity index (χ0v) is 9.62. The topological polar surface area (TPSA) is 30.9 Å². The second kappa shape index (κ2) is 3.38. The monoisotopic (exact) mass is 202 g/mol. The van der Waals surface area contributed by atoms with Crippen LogP contribution in [0.5, 0.6) is 0 Å². The number of benzene rings is 1. The maximum absolute atomic E-state index is 6.02. The summed E-state index contributed by atoms with van der Waals surface area (Å²) in [5.41, 5.74) is 8.46. The summed E-state index contributed by atoms with van der Waals surface area (Å²) in [5, 5.41) is 1.29. The van der Waals surface area contributed by atoms with Gasteiger partial charge in [-0.3, -0.25) is 0 Å². The van der Waals surface area contributed by atoms with Crippen molar-refractivity contribution >= 4 is 10.9 Å². The number of nitrogens with two attached hydrogens (primary N) is 1. The van der Waals surface area contributed by atoms with Crippen LogP contribution in [-0.4, -0.2) is 10.1 Å². The molecule has 1 aromatic heterocycles. The van der Waals surface area contributed by atoms with Crippen molar-refractivity contribution in [2.45, 2.75) is 25.8 Å². The van der Waals surface area contributed by atoms with Gasteiger partial charge in [-0.25, -0.2) is 0 Å². The minimum absolute atomic E-state index is 0.140. The third kappa shape index (κ3) is 2.21. The van der Waals surface area contributed by atoms with Crippen LogP contribution >= 0.6 is 0 Å². The van der Waals surface area contributed by atoms with Gasteiger partial charge in [0.15, 0.2) is 0 Å². The molecule has 0 radical (unpaired) electrons. The number of rotatable bonds is 2. The molecular formula is C13H18N2. The third-order valence-corrected chi connectivity index (χ3v) is 2.61. The van der Waals surface area contributed by atoms with E-state index in [-0.39, 0.29) is 5.54 Å². The Hall–Kier alpha value is -1.28. The molecule has 0 aliphatic carbocycles. The molecule has 0 atom stereocenters. The summed E-state index contributed by atoms with van der Waals surface area (Å²) >= 11 is 0. The average molecular weight is 202 g/mol. The van der Waals surface area contributed by atoms with Crippen LogP contribution in [0.3, 0.4) is 0 Å². The first-order valence-corrected chi connectivity index (χ1v) is 5.28. The van der Waals surface area contributed by atoms with Crippen molar-refractivity contribution in [1.82, 2.24) is 4.57 Å². The Balaban J connectivity index is 2.42. The Labute approximate surface area is 90.7 Å². The molecule has 0 aliphatic rings. The van der Waals surface area contributed by atoms with Crippen LogP contribution in [0.4, 0.5) is 0 Å². The SMILES string of the molecule is Cn1ccc2ccc(CC(C)(C)N)cc21. The standard InChI is InChI=1S/C13H18N2/c1-13(2,14)9-10-4-5-11-6-7-15(3)12(11)8-10/h4-8H,9,14H2,1-3H3. The van der Waals surface area contributed by atoms with E-state index in [1.54, 1.807) is 0 Å². The van der Waals surface area contributed by atoms with Gasteiger partial charge in [0.25, 0.3) is 0 Å². The molecule has 0 saturated carbocycles. The van der Waals surface area contributed by atoms with Crippen molar-refractivity contribution in [3.63, 3.8) is 0 Å². The fraction of sp³-hybridized carbons (Fsp3) is 0.385. The van der Waals surface area contributed by atoms with Crippen LogP contribution in [0.25, 0.3) is 10.9 Å². The second-order valence-electron chi connectivity index (χ2n) is 4.99. The number of fused-ring (bicyclic) bond motifs is 1. The molecule has 0 unspecified atom stereocenters. The Kier molecular flexibility index (Phi) is 2.31. The molecule has 2 aromatic rings. The van der Waals surface area contributed by atoms with Gasteiger partial charge >= 0.3 is 0 Å². The van der Waals surface area contributed by atoms with Gasteiger partial charge in [-0.15, -0.1) is 0 Å². The van der Waals surface area contributed by atoms with Crippen LogP contribution in [0.15, 0.2) is 30.5 Å². The van der Waals surface area contributed by atoms with Crippen LogP contribution in [-0.2, 0) is 13.5 Å². The first kappa shape index (κ1) is 10.2. The molecule has 0 bridgehead atoms.